The van der Waals surface area contributed by atoms with Crippen molar-refractivity contribution >= 4 is 16.6 Å². The molecule has 0 amide bonds. The van der Waals surface area contributed by atoms with Crippen LogP contribution in [-0.2, 0) is 8.85 Å². The van der Waals surface area contributed by atoms with Crippen molar-refractivity contribution in [3.63, 3.8) is 0 Å². The van der Waals surface area contributed by atoms with Gasteiger partial charge in [0.1, 0.15) is 0 Å². The molecule has 0 aromatic rings. The maximum atomic E-state index is 5.98. The van der Waals surface area contributed by atoms with E-state index in [2.05, 4.69) is 31.5 Å². The average molecular weight is 235 g/mol. The molecule has 1 unspecified atom stereocenters. The van der Waals surface area contributed by atoms with Crippen LogP contribution in [0.1, 0.15) is 0 Å². The van der Waals surface area contributed by atoms with E-state index in [1.54, 1.807) is 7.11 Å². The van der Waals surface area contributed by atoms with Crippen LogP contribution in [0.2, 0.25) is 32.2 Å². The summed E-state index contributed by atoms with van der Waals surface area (Å²) < 4.78 is 11.5. The molecular formula is C9H25NO2Si2. The summed E-state index contributed by atoms with van der Waals surface area (Å²) >= 11 is 0. The SMILES string of the molecule is CNCC[Si](C)(OC)OC[Si](C)(C)C. The van der Waals surface area contributed by atoms with E-state index in [4.69, 9.17) is 8.85 Å². The smallest absolute Gasteiger partial charge is 0.335 e. The summed E-state index contributed by atoms with van der Waals surface area (Å²) in [6.45, 7) is 10.1. The van der Waals surface area contributed by atoms with Gasteiger partial charge in [-0.05, 0) is 20.1 Å². The molecule has 0 rings (SSSR count). The Morgan fingerprint density at radius 3 is 2.07 bits per heavy atom. The van der Waals surface area contributed by atoms with E-state index < -0.39 is 16.6 Å². The zero-order chi connectivity index (χ0) is 11.2. The summed E-state index contributed by atoms with van der Waals surface area (Å²) in [4.78, 5) is 0. The highest BCUT2D eigenvalue weighted by atomic mass is 28.4. The van der Waals surface area contributed by atoms with E-state index in [0.29, 0.717) is 0 Å². The minimum Gasteiger partial charge on any atom is -0.398 e. The molecule has 0 aromatic heterocycles. The maximum Gasteiger partial charge on any atom is 0.335 e. The van der Waals surface area contributed by atoms with Crippen LogP contribution in [0.5, 0.6) is 0 Å². The highest BCUT2D eigenvalue weighted by Crippen LogP contribution is 2.14. The molecule has 0 bridgehead atoms. The Bertz CT molecular complexity index is 161. The summed E-state index contributed by atoms with van der Waals surface area (Å²) in [5, 5.41) is 3.14. The van der Waals surface area contributed by atoms with Crippen LogP contribution in [0.15, 0.2) is 0 Å². The van der Waals surface area contributed by atoms with Crippen LogP contribution in [0.3, 0.4) is 0 Å². The van der Waals surface area contributed by atoms with Gasteiger partial charge < -0.3 is 14.2 Å². The lowest BCUT2D eigenvalue weighted by Gasteiger charge is -2.28. The molecule has 0 heterocycles. The number of nitrogens with one attached hydrogen (secondary N) is 1. The van der Waals surface area contributed by atoms with Gasteiger partial charge in [0.05, 0.1) is 8.07 Å². The molecular weight excluding hydrogens is 210 g/mol. The second-order valence-electron chi connectivity index (χ2n) is 5.04. The second kappa shape index (κ2) is 6.02. The first kappa shape index (κ1) is 14.3. The normalized spacial score (nSPS) is 16.7. The van der Waals surface area contributed by atoms with E-state index in [0.717, 1.165) is 18.8 Å². The van der Waals surface area contributed by atoms with E-state index in [-0.39, 0.29) is 0 Å². The van der Waals surface area contributed by atoms with Crippen molar-refractivity contribution in [3.8, 4) is 0 Å². The van der Waals surface area contributed by atoms with Crippen LogP contribution in [0.4, 0.5) is 0 Å². The van der Waals surface area contributed by atoms with Crippen molar-refractivity contribution in [1.82, 2.24) is 5.32 Å². The van der Waals surface area contributed by atoms with Crippen molar-refractivity contribution in [2.75, 3.05) is 26.9 Å². The zero-order valence-electron chi connectivity index (χ0n) is 10.4. The van der Waals surface area contributed by atoms with Crippen LogP contribution in [0, 0.1) is 0 Å². The molecule has 0 saturated carbocycles. The third-order valence-corrected chi connectivity index (χ3v) is 6.15. The van der Waals surface area contributed by atoms with Gasteiger partial charge >= 0.3 is 8.56 Å². The van der Waals surface area contributed by atoms with Crippen LogP contribution < -0.4 is 5.32 Å². The van der Waals surface area contributed by atoms with E-state index >= 15 is 0 Å². The van der Waals surface area contributed by atoms with E-state index in [9.17, 15) is 0 Å². The number of hydrogen-bond donors (Lipinski definition) is 1. The van der Waals surface area contributed by atoms with Gasteiger partial charge in [0.25, 0.3) is 0 Å². The Kier molecular flexibility index (Phi) is 6.15. The second-order valence-corrected chi connectivity index (χ2v) is 13.9. The first-order valence-electron chi connectivity index (χ1n) is 5.17. The van der Waals surface area contributed by atoms with E-state index in [1.807, 2.05) is 7.05 Å². The van der Waals surface area contributed by atoms with Crippen molar-refractivity contribution in [2.24, 2.45) is 0 Å². The molecule has 0 aliphatic heterocycles. The topological polar surface area (TPSA) is 30.5 Å². The minimum atomic E-state index is -1.88. The van der Waals surface area contributed by atoms with Gasteiger partial charge in [0.15, 0.2) is 0 Å². The molecule has 1 N–H and O–H groups in total. The van der Waals surface area contributed by atoms with Gasteiger partial charge in [0.2, 0.25) is 0 Å². The predicted molar refractivity (Wildman–Crippen MR) is 66.7 cm³/mol. The minimum absolute atomic E-state index is 0.910. The van der Waals surface area contributed by atoms with Gasteiger partial charge in [-0.15, -0.1) is 0 Å². The summed E-state index contributed by atoms with van der Waals surface area (Å²) in [7, 11) is 0.739. The monoisotopic (exact) mass is 235 g/mol. The Hall–Kier alpha value is 0.314. The highest BCUT2D eigenvalue weighted by Gasteiger charge is 2.31. The predicted octanol–water partition coefficient (Wildman–Crippen LogP) is 1.82. The third kappa shape index (κ3) is 6.72. The van der Waals surface area contributed by atoms with Gasteiger partial charge in [0, 0.05) is 19.4 Å². The summed E-state index contributed by atoms with van der Waals surface area (Å²) in [5.74, 6) is 0. The van der Waals surface area contributed by atoms with Gasteiger partial charge in [-0.25, -0.2) is 0 Å². The molecule has 0 radical (unpaired) electrons. The summed E-state index contributed by atoms with van der Waals surface area (Å²) in [6, 6.07) is 1.02. The molecule has 86 valence electrons. The Labute approximate surface area is 90.4 Å². The Balaban J connectivity index is 3.98. The molecule has 0 saturated heterocycles. The maximum absolute atomic E-state index is 5.98. The lowest BCUT2D eigenvalue weighted by molar-refractivity contribution is 0.233. The fourth-order valence-electron chi connectivity index (χ4n) is 0.954. The van der Waals surface area contributed by atoms with Crippen LogP contribution in [0.25, 0.3) is 0 Å². The van der Waals surface area contributed by atoms with E-state index in [1.165, 1.54) is 0 Å². The van der Waals surface area contributed by atoms with Crippen molar-refractivity contribution in [3.05, 3.63) is 0 Å². The molecule has 5 heteroatoms. The number of rotatable bonds is 7. The summed E-state index contributed by atoms with van der Waals surface area (Å²) in [6.07, 6.45) is 0.910. The first-order chi connectivity index (χ1) is 6.33. The standard InChI is InChI=1S/C9H25NO2Si2/c1-10-7-8-14(6,11-2)12-9-13(3,4)5/h10H,7-9H2,1-6H3. The fourth-order valence-corrected chi connectivity index (χ4v) is 5.08. The van der Waals surface area contributed by atoms with Gasteiger partial charge in [-0.2, -0.15) is 0 Å². The lowest BCUT2D eigenvalue weighted by atomic mass is 10.8. The van der Waals surface area contributed by atoms with Gasteiger partial charge in [-0.3, -0.25) is 0 Å². The molecule has 0 aliphatic rings. The highest BCUT2D eigenvalue weighted by molar-refractivity contribution is 6.77. The largest absolute Gasteiger partial charge is 0.398 e. The first-order valence-corrected chi connectivity index (χ1v) is 11.4. The molecule has 1 atom stereocenters. The van der Waals surface area contributed by atoms with Crippen molar-refractivity contribution in [2.45, 2.75) is 32.2 Å². The van der Waals surface area contributed by atoms with Crippen LogP contribution in [-0.4, -0.2) is 43.6 Å². The molecule has 0 aromatic carbocycles. The van der Waals surface area contributed by atoms with Crippen LogP contribution >= 0.6 is 0 Å². The lowest BCUT2D eigenvalue weighted by Crippen LogP contribution is -2.44. The van der Waals surface area contributed by atoms with Crippen molar-refractivity contribution < 1.29 is 8.85 Å². The Morgan fingerprint density at radius 2 is 1.71 bits per heavy atom. The quantitative estimate of drug-likeness (QED) is 0.683. The fraction of sp³-hybridized carbons (Fsp3) is 1.00. The third-order valence-electron chi connectivity index (χ3n) is 2.07. The molecule has 0 fully saturated rings. The molecule has 0 aliphatic carbocycles. The summed E-state index contributed by atoms with van der Waals surface area (Å²) in [5.41, 5.74) is 0. The Morgan fingerprint density at radius 1 is 1.14 bits per heavy atom. The average Bonchev–Trinajstić information content (AvgIpc) is 2.10. The number of hydrogen-bond acceptors (Lipinski definition) is 3. The van der Waals surface area contributed by atoms with Crippen molar-refractivity contribution in [1.29, 1.82) is 0 Å². The molecule has 3 nitrogen and oxygen atoms in total. The molecule has 14 heavy (non-hydrogen) atoms. The zero-order valence-corrected chi connectivity index (χ0v) is 12.4. The molecule has 0 spiro atoms. The van der Waals surface area contributed by atoms with Gasteiger partial charge in [-0.1, -0.05) is 19.6 Å².